The Morgan fingerprint density at radius 3 is 2.31 bits per heavy atom. The third-order valence-electron chi connectivity index (χ3n) is 3.09. The lowest BCUT2D eigenvalue weighted by molar-refractivity contribution is -0.0328. The van der Waals surface area contributed by atoms with Crippen molar-refractivity contribution in [2.24, 2.45) is 0 Å². The number of benzene rings is 2. The number of hydrogen-bond acceptors (Lipinski definition) is 5. The minimum Gasteiger partial charge on any atom is -0.403 e. The summed E-state index contributed by atoms with van der Waals surface area (Å²) >= 11 is 5.55. The second-order valence-corrected chi connectivity index (χ2v) is 6.52. The fourth-order valence-electron chi connectivity index (χ4n) is 1.96. The van der Waals surface area contributed by atoms with Gasteiger partial charge in [-0.25, -0.2) is 0 Å². The van der Waals surface area contributed by atoms with Crippen LogP contribution in [0.3, 0.4) is 0 Å². The number of rotatable bonds is 4. The molecule has 0 fully saturated rings. The van der Waals surface area contributed by atoms with Gasteiger partial charge in [-0.3, -0.25) is 10.1 Å². The molecule has 5 nitrogen and oxygen atoms in total. The summed E-state index contributed by atoms with van der Waals surface area (Å²) in [7, 11) is 0. The molecule has 1 N–H and O–H groups in total. The monoisotopic (exact) mass is 399 g/mol. The normalized spacial score (nSPS) is 11.4. The van der Waals surface area contributed by atoms with Gasteiger partial charge >= 0.3 is 11.5 Å². The molecule has 0 aliphatic rings. The smallest absolute Gasteiger partial charge is 0.403 e. The number of halogens is 4. The van der Waals surface area contributed by atoms with Gasteiger partial charge in [0.25, 0.3) is 5.91 Å². The second-order valence-electron chi connectivity index (χ2n) is 4.95. The van der Waals surface area contributed by atoms with E-state index < -0.39 is 11.4 Å². The van der Waals surface area contributed by atoms with E-state index in [1.54, 1.807) is 24.3 Å². The van der Waals surface area contributed by atoms with E-state index in [1.807, 2.05) is 0 Å². The van der Waals surface area contributed by atoms with Crippen molar-refractivity contribution in [3.8, 4) is 11.5 Å². The van der Waals surface area contributed by atoms with Gasteiger partial charge in [0.15, 0.2) is 0 Å². The third-order valence-corrected chi connectivity index (χ3v) is 4.08. The molecule has 0 unspecified atom stereocenters. The van der Waals surface area contributed by atoms with Gasteiger partial charge in [-0.15, -0.1) is 5.10 Å². The summed E-state index contributed by atoms with van der Waals surface area (Å²) in [6.45, 7) is 0. The van der Waals surface area contributed by atoms with Crippen LogP contribution in [0.25, 0.3) is 11.5 Å². The number of carbonyl (C=O) groups excluding carboxylic acids is 1. The molecular weight excluding hydrogens is 391 g/mol. The van der Waals surface area contributed by atoms with Crippen LogP contribution in [0.2, 0.25) is 5.02 Å². The fraction of sp³-hybridized carbons (Fsp3) is 0.0625. The van der Waals surface area contributed by atoms with Crippen LogP contribution in [0.1, 0.15) is 10.4 Å². The van der Waals surface area contributed by atoms with Crippen LogP contribution in [-0.2, 0) is 0 Å². The maximum Gasteiger partial charge on any atom is 0.446 e. The van der Waals surface area contributed by atoms with Crippen LogP contribution in [0, 0.1) is 0 Å². The van der Waals surface area contributed by atoms with E-state index >= 15 is 0 Å². The number of nitrogens with zero attached hydrogens (tertiary/aromatic N) is 2. The molecule has 0 saturated heterocycles. The molecule has 0 spiro atoms. The summed E-state index contributed by atoms with van der Waals surface area (Å²) in [4.78, 5) is 12.1. The van der Waals surface area contributed by atoms with Gasteiger partial charge in [0.1, 0.15) is 0 Å². The van der Waals surface area contributed by atoms with Crippen LogP contribution >= 0.6 is 23.4 Å². The Kier molecular flexibility index (Phi) is 5.19. The third kappa shape index (κ3) is 4.77. The number of carbonyl (C=O) groups is 1. The molecule has 26 heavy (non-hydrogen) atoms. The topological polar surface area (TPSA) is 68.0 Å². The van der Waals surface area contributed by atoms with Crippen LogP contribution in [0.5, 0.6) is 0 Å². The van der Waals surface area contributed by atoms with Gasteiger partial charge in [-0.05, 0) is 60.3 Å². The fourth-order valence-corrected chi connectivity index (χ4v) is 2.63. The zero-order valence-electron chi connectivity index (χ0n) is 12.7. The molecule has 0 aliphatic heterocycles. The van der Waals surface area contributed by atoms with E-state index in [0.29, 0.717) is 10.6 Å². The highest BCUT2D eigenvalue weighted by Gasteiger charge is 2.29. The van der Waals surface area contributed by atoms with Crippen molar-refractivity contribution in [3.63, 3.8) is 0 Å². The van der Waals surface area contributed by atoms with Crippen LogP contribution in [0.4, 0.5) is 19.2 Å². The Hall–Kier alpha value is -2.52. The number of anilines is 1. The van der Waals surface area contributed by atoms with Gasteiger partial charge in [-0.1, -0.05) is 16.7 Å². The summed E-state index contributed by atoms with van der Waals surface area (Å²) in [6, 6.07) is 11.5. The molecule has 3 rings (SSSR count). The largest absolute Gasteiger partial charge is 0.446 e. The highest BCUT2D eigenvalue weighted by Crippen LogP contribution is 2.36. The predicted molar refractivity (Wildman–Crippen MR) is 91.1 cm³/mol. The van der Waals surface area contributed by atoms with Gasteiger partial charge in [0.05, 0.1) is 0 Å². The van der Waals surface area contributed by atoms with Crippen molar-refractivity contribution in [2.75, 3.05) is 5.32 Å². The van der Waals surface area contributed by atoms with Crippen molar-refractivity contribution < 1.29 is 22.4 Å². The van der Waals surface area contributed by atoms with E-state index in [0.717, 1.165) is 0 Å². The lowest BCUT2D eigenvalue weighted by Gasteiger charge is -2.06. The van der Waals surface area contributed by atoms with Gasteiger partial charge < -0.3 is 4.42 Å². The summed E-state index contributed by atoms with van der Waals surface area (Å²) in [6.07, 6.45) is 0. The Morgan fingerprint density at radius 2 is 1.69 bits per heavy atom. The van der Waals surface area contributed by atoms with Gasteiger partial charge in [-0.2, -0.15) is 13.2 Å². The van der Waals surface area contributed by atoms with Crippen molar-refractivity contribution in [2.45, 2.75) is 10.4 Å². The number of alkyl halides is 3. The molecule has 2 aromatic carbocycles. The molecule has 0 atom stereocenters. The first-order valence-corrected chi connectivity index (χ1v) is 8.26. The number of hydrogen-bond donors (Lipinski definition) is 1. The minimum absolute atomic E-state index is 0.0168. The summed E-state index contributed by atoms with van der Waals surface area (Å²) in [5.74, 6) is -0.395. The van der Waals surface area contributed by atoms with E-state index in [9.17, 15) is 18.0 Å². The highest BCUT2D eigenvalue weighted by molar-refractivity contribution is 8.00. The number of amides is 1. The zero-order chi connectivity index (χ0) is 18.7. The van der Waals surface area contributed by atoms with Crippen LogP contribution < -0.4 is 5.32 Å². The Balaban J connectivity index is 1.67. The second kappa shape index (κ2) is 7.38. The van der Waals surface area contributed by atoms with E-state index in [-0.39, 0.29) is 34.1 Å². The molecule has 3 aromatic rings. The first kappa shape index (κ1) is 18.3. The SMILES string of the molecule is O=C(Nc1nnc(-c2ccc(Cl)cc2)o1)c1ccc(SC(F)(F)F)cc1. The van der Waals surface area contributed by atoms with Crippen molar-refractivity contribution >= 4 is 35.3 Å². The van der Waals surface area contributed by atoms with Crippen molar-refractivity contribution in [1.82, 2.24) is 10.2 Å². The average Bonchev–Trinajstić information content (AvgIpc) is 3.03. The van der Waals surface area contributed by atoms with E-state index in [1.165, 1.54) is 24.3 Å². The average molecular weight is 400 g/mol. The molecule has 1 amide bonds. The Bertz CT molecular complexity index is 912. The highest BCUT2D eigenvalue weighted by atomic mass is 35.5. The molecule has 1 aromatic heterocycles. The molecule has 0 aliphatic carbocycles. The van der Waals surface area contributed by atoms with Gasteiger partial charge in [0.2, 0.25) is 5.89 Å². The Morgan fingerprint density at radius 1 is 1.04 bits per heavy atom. The summed E-state index contributed by atoms with van der Waals surface area (Å²) in [5.41, 5.74) is -3.61. The number of aromatic nitrogens is 2. The van der Waals surface area contributed by atoms with E-state index in [2.05, 4.69) is 15.5 Å². The lowest BCUT2D eigenvalue weighted by Crippen LogP contribution is -2.12. The molecule has 0 bridgehead atoms. The molecule has 10 heteroatoms. The number of thioether (sulfide) groups is 1. The minimum atomic E-state index is -4.38. The van der Waals surface area contributed by atoms with E-state index in [4.69, 9.17) is 16.0 Å². The molecule has 0 radical (unpaired) electrons. The zero-order valence-corrected chi connectivity index (χ0v) is 14.3. The summed E-state index contributed by atoms with van der Waals surface area (Å²) < 4.78 is 42.2. The number of nitrogens with one attached hydrogen (secondary N) is 1. The molecule has 0 saturated carbocycles. The molecular formula is C16H9ClF3N3O2S. The van der Waals surface area contributed by atoms with Crippen molar-refractivity contribution in [1.29, 1.82) is 0 Å². The maximum atomic E-state index is 12.3. The maximum absolute atomic E-state index is 12.3. The first-order chi connectivity index (χ1) is 12.3. The Labute approximate surface area is 154 Å². The predicted octanol–water partition coefficient (Wildman–Crippen LogP) is 5.25. The molecule has 134 valence electrons. The first-order valence-electron chi connectivity index (χ1n) is 7.07. The van der Waals surface area contributed by atoms with Crippen LogP contribution in [0.15, 0.2) is 57.8 Å². The molecule has 1 heterocycles. The summed E-state index contributed by atoms with van der Waals surface area (Å²) in [5, 5.41) is 10.5. The van der Waals surface area contributed by atoms with Gasteiger partial charge in [0, 0.05) is 21.0 Å². The quantitative estimate of drug-likeness (QED) is 0.606. The standard InChI is InChI=1S/C16H9ClF3N3O2S/c17-11-5-1-10(2-6-11)14-22-23-15(25-14)21-13(24)9-3-7-12(8-4-9)26-16(18,19)20/h1-8H,(H,21,23,24). The van der Waals surface area contributed by atoms with Crippen molar-refractivity contribution in [3.05, 3.63) is 59.1 Å². The van der Waals surface area contributed by atoms with Crippen LogP contribution in [-0.4, -0.2) is 21.6 Å². The lowest BCUT2D eigenvalue weighted by atomic mass is 10.2.